The first-order valence-corrected chi connectivity index (χ1v) is 4.59. The maximum absolute atomic E-state index is 5.58. The van der Waals surface area contributed by atoms with Crippen LogP contribution in [-0.4, -0.2) is 45.6 Å². The molecule has 0 aromatic heterocycles. The third-order valence-electron chi connectivity index (χ3n) is 1.78. The van der Waals surface area contributed by atoms with Crippen LogP contribution in [0, 0.1) is 0 Å². The zero-order valence-corrected chi connectivity index (χ0v) is 8.80. The van der Waals surface area contributed by atoms with Crippen LogP contribution in [0.25, 0.3) is 0 Å². The number of quaternary nitrogens is 1. The highest BCUT2D eigenvalue weighted by atomic mass is 16.7. The molecule has 0 aliphatic rings. The second-order valence-electron chi connectivity index (χ2n) is 3.48. The summed E-state index contributed by atoms with van der Waals surface area (Å²) >= 11 is 0. The number of hydrogen-bond acceptors (Lipinski definition) is 2. The number of hydroxylamine groups is 3. The molecular formula is C9H22NO2+. The van der Waals surface area contributed by atoms with E-state index in [1.54, 1.807) is 7.11 Å². The summed E-state index contributed by atoms with van der Waals surface area (Å²) in [6, 6.07) is 0. The number of ether oxygens (including phenoxy) is 1. The number of hydrogen-bond donors (Lipinski definition) is 0. The van der Waals surface area contributed by atoms with Gasteiger partial charge in [0.1, 0.15) is 13.2 Å². The average Bonchev–Trinajstić information content (AvgIpc) is 2.01. The van der Waals surface area contributed by atoms with Gasteiger partial charge in [-0.2, -0.15) is 4.65 Å². The quantitative estimate of drug-likeness (QED) is 0.332. The molecule has 0 aliphatic carbocycles. The van der Waals surface area contributed by atoms with Gasteiger partial charge in [-0.1, -0.05) is 13.3 Å². The monoisotopic (exact) mass is 176 g/mol. The molecule has 74 valence electrons. The largest absolute Gasteiger partial charge is 0.382 e. The molecule has 0 atom stereocenters. The van der Waals surface area contributed by atoms with Crippen molar-refractivity contribution in [3.63, 3.8) is 0 Å². The van der Waals surface area contributed by atoms with Crippen molar-refractivity contribution in [1.82, 2.24) is 0 Å². The Bertz CT molecular complexity index is 105. The lowest BCUT2D eigenvalue weighted by Crippen LogP contribution is -2.41. The fourth-order valence-electron chi connectivity index (χ4n) is 0.971. The van der Waals surface area contributed by atoms with E-state index in [4.69, 9.17) is 9.57 Å². The number of rotatable bonds is 7. The highest BCUT2D eigenvalue weighted by Crippen LogP contribution is 2.02. The molecule has 0 spiro atoms. The van der Waals surface area contributed by atoms with Gasteiger partial charge in [-0.05, 0) is 6.42 Å². The molecule has 3 heteroatoms. The Morgan fingerprint density at radius 3 is 2.33 bits per heavy atom. The van der Waals surface area contributed by atoms with Crippen LogP contribution in [0.1, 0.15) is 19.8 Å². The minimum absolute atomic E-state index is 0.636. The molecular weight excluding hydrogens is 154 g/mol. The lowest BCUT2D eigenvalue weighted by molar-refractivity contribution is -1.08. The predicted octanol–water partition coefficient (Wildman–Crippen LogP) is 1.44. The Hall–Kier alpha value is -0.120. The number of methoxy groups -OCH3 is 1. The SMILES string of the molecule is CCCC[N+](C)(C)OCCOC. The van der Waals surface area contributed by atoms with Crippen molar-refractivity contribution < 1.29 is 14.2 Å². The van der Waals surface area contributed by atoms with Crippen LogP contribution in [0.3, 0.4) is 0 Å². The third kappa shape index (κ3) is 6.58. The van der Waals surface area contributed by atoms with Crippen molar-refractivity contribution in [3.05, 3.63) is 0 Å². The van der Waals surface area contributed by atoms with Crippen molar-refractivity contribution in [1.29, 1.82) is 0 Å². The van der Waals surface area contributed by atoms with Gasteiger partial charge in [0, 0.05) is 7.11 Å². The van der Waals surface area contributed by atoms with Crippen LogP contribution in [0.2, 0.25) is 0 Å². The second kappa shape index (κ2) is 6.40. The zero-order chi connectivity index (χ0) is 9.45. The van der Waals surface area contributed by atoms with Gasteiger partial charge in [-0.25, -0.2) is 4.84 Å². The Labute approximate surface area is 75.8 Å². The normalized spacial score (nSPS) is 12.0. The minimum atomic E-state index is 0.636. The highest BCUT2D eigenvalue weighted by Gasteiger charge is 2.14. The smallest absolute Gasteiger partial charge is 0.129 e. The Balaban J connectivity index is 3.42. The van der Waals surface area contributed by atoms with E-state index in [9.17, 15) is 0 Å². The Kier molecular flexibility index (Phi) is 6.34. The lowest BCUT2D eigenvalue weighted by atomic mass is 10.3. The van der Waals surface area contributed by atoms with E-state index in [0.717, 1.165) is 6.54 Å². The molecule has 0 bridgehead atoms. The highest BCUT2D eigenvalue weighted by molar-refractivity contribution is 4.29. The van der Waals surface area contributed by atoms with E-state index in [1.807, 2.05) is 0 Å². The molecule has 0 aromatic rings. The molecule has 0 fully saturated rings. The van der Waals surface area contributed by atoms with Crippen LogP contribution in [0.4, 0.5) is 0 Å². The Morgan fingerprint density at radius 2 is 1.83 bits per heavy atom. The number of nitrogens with zero attached hydrogens (tertiary/aromatic N) is 1. The number of unbranched alkanes of at least 4 members (excludes halogenated alkanes) is 1. The molecule has 0 aromatic carbocycles. The Morgan fingerprint density at radius 1 is 1.17 bits per heavy atom. The first-order valence-electron chi connectivity index (χ1n) is 4.59. The van der Waals surface area contributed by atoms with Gasteiger partial charge >= 0.3 is 0 Å². The second-order valence-corrected chi connectivity index (χ2v) is 3.48. The van der Waals surface area contributed by atoms with Gasteiger partial charge in [0.2, 0.25) is 0 Å². The molecule has 3 nitrogen and oxygen atoms in total. The standard InChI is InChI=1S/C9H22NO2/c1-5-6-7-10(2,3)12-9-8-11-4/h5-9H2,1-4H3/q+1. The first-order chi connectivity index (χ1) is 5.62. The fourth-order valence-corrected chi connectivity index (χ4v) is 0.971. The fraction of sp³-hybridized carbons (Fsp3) is 1.00. The van der Waals surface area contributed by atoms with E-state index < -0.39 is 0 Å². The summed E-state index contributed by atoms with van der Waals surface area (Å²) in [6.07, 6.45) is 2.43. The molecule has 0 unspecified atom stereocenters. The van der Waals surface area contributed by atoms with Gasteiger partial charge in [-0.15, -0.1) is 0 Å². The predicted molar refractivity (Wildman–Crippen MR) is 49.7 cm³/mol. The average molecular weight is 176 g/mol. The van der Waals surface area contributed by atoms with E-state index in [2.05, 4.69) is 21.0 Å². The molecule has 0 radical (unpaired) electrons. The van der Waals surface area contributed by atoms with Crippen LogP contribution in [-0.2, 0) is 9.57 Å². The van der Waals surface area contributed by atoms with Crippen LogP contribution >= 0.6 is 0 Å². The zero-order valence-electron chi connectivity index (χ0n) is 8.80. The van der Waals surface area contributed by atoms with E-state index >= 15 is 0 Å². The molecule has 0 N–H and O–H groups in total. The van der Waals surface area contributed by atoms with Gasteiger partial charge in [0.25, 0.3) is 0 Å². The van der Waals surface area contributed by atoms with Crippen molar-refractivity contribution in [3.8, 4) is 0 Å². The van der Waals surface area contributed by atoms with E-state index in [0.29, 0.717) is 17.9 Å². The molecule has 0 rings (SSSR count). The van der Waals surface area contributed by atoms with Crippen molar-refractivity contribution in [2.75, 3.05) is 41.0 Å². The summed E-state index contributed by atoms with van der Waals surface area (Å²) in [7, 11) is 5.84. The lowest BCUT2D eigenvalue weighted by Gasteiger charge is -2.26. The molecule has 0 saturated carbocycles. The van der Waals surface area contributed by atoms with Gasteiger partial charge in [0.05, 0.1) is 20.7 Å². The van der Waals surface area contributed by atoms with Crippen LogP contribution < -0.4 is 0 Å². The summed E-state index contributed by atoms with van der Waals surface area (Å²) < 4.78 is 5.54. The minimum Gasteiger partial charge on any atom is -0.382 e. The summed E-state index contributed by atoms with van der Waals surface area (Å²) in [4.78, 5) is 5.58. The molecule has 0 saturated heterocycles. The van der Waals surface area contributed by atoms with Crippen molar-refractivity contribution >= 4 is 0 Å². The molecule has 12 heavy (non-hydrogen) atoms. The maximum Gasteiger partial charge on any atom is 0.129 e. The van der Waals surface area contributed by atoms with Crippen LogP contribution in [0.15, 0.2) is 0 Å². The van der Waals surface area contributed by atoms with Gasteiger partial charge in [0.15, 0.2) is 0 Å². The van der Waals surface area contributed by atoms with Gasteiger partial charge in [-0.3, -0.25) is 0 Å². The topological polar surface area (TPSA) is 18.5 Å². The van der Waals surface area contributed by atoms with Gasteiger partial charge < -0.3 is 4.74 Å². The summed E-state index contributed by atoms with van der Waals surface area (Å²) in [5.41, 5.74) is 0. The van der Waals surface area contributed by atoms with Crippen molar-refractivity contribution in [2.45, 2.75) is 19.8 Å². The first kappa shape index (κ1) is 11.9. The summed E-state index contributed by atoms with van der Waals surface area (Å²) in [5.74, 6) is 0. The maximum atomic E-state index is 5.58. The van der Waals surface area contributed by atoms with Crippen LogP contribution in [0.5, 0.6) is 0 Å². The molecule has 0 heterocycles. The summed E-state index contributed by atoms with van der Waals surface area (Å²) in [6.45, 7) is 4.61. The molecule has 0 amide bonds. The molecule has 0 aliphatic heterocycles. The summed E-state index contributed by atoms with van der Waals surface area (Å²) in [5, 5.41) is 0. The van der Waals surface area contributed by atoms with E-state index in [1.165, 1.54) is 12.8 Å². The van der Waals surface area contributed by atoms with E-state index in [-0.39, 0.29) is 0 Å². The van der Waals surface area contributed by atoms with Crippen molar-refractivity contribution in [2.24, 2.45) is 0 Å². The third-order valence-corrected chi connectivity index (χ3v) is 1.78.